The lowest BCUT2D eigenvalue weighted by Crippen LogP contribution is -2.37. The summed E-state index contributed by atoms with van der Waals surface area (Å²) < 4.78 is 1.13. The predicted molar refractivity (Wildman–Crippen MR) is 129 cm³/mol. The molecule has 3 aromatic rings. The van der Waals surface area contributed by atoms with Gasteiger partial charge in [0, 0.05) is 18.0 Å². The molecule has 0 aliphatic carbocycles. The van der Waals surface area contributed by atoms with E-state index in [1.165, 1.54) is 5.56 Å². The van der Waals surface area contributed by atoms with Crippen LogP contribution in [0.3, 0.4) is 0 Å². The van der Waals surface area contributed by atoms with Gasteiger partial charge in [0.15, 0.2) is 5.13 Å². The van der Waals surface area contributed by atoms with E-state index in [1.807, 2.05) is 43.3 Å². The fourth-order valence-electron chi connectivity index (χ4n) is 3.05. The number of halogens is 1. The van der Waals surface area contributed by atoms with Crippen molar-refractivity contribution in [3.63, 3.8) is 0 Å². The molecule has 1 amide bonds. The van der Waals surface area contributed by atoms with Crippen LogP contribution >= 0.6 is 35.5 Å². The zero-order valence-corrected chi connectivity index (χ0v) is 19.8. The lowest BCUT2D eigenvalue weighted by atomic mass is 10.1. The van der Waals surface area contributed by atoms with Crippen LogP contribution in [-0.4, -0.2) is 48.7 Å². The van der Waals surface area contributed by atoms with Crippen LogP contribution < -0.4 is 4.90 Å². The second-order valence-corrected chi connectivity index (χ2v) is 9.12. The van der Waals surface area contributed by atoms with Gasteiger partial charge >= 0.3 is 0 Å². The molecule has 4 nitrogen and oxygen atoms in total. The number of fused-ring (bicyclic) bond motifs is 1. The Bertz CT molecular complexity index is 958. The molecule has 0 aliphatic rings. The molecule has 1 aromatic heterocycles. The van der Waals surface area contributed by atoms with Crippen molar-refractivity contribution in [3.05, 3.63) is 53.6 Å². The zero-order valence-electron chi connectivity index (χ0n) is 17.3. The molecule has 0 spiro atoms. The standard InChI is InChI=1S/C22H27N3OS2.ClH/c1-5-16-10-9-13-19-20(16)23-22(28-19)25(15-14-24(3)4)21(26)17-11-7-8-12-18(17)27-6-2;/h7-13H,5-6,14-15H2,1-4H3;1H. The fraction of sp³-hybridized carbons (Fsp3) is 0.364. The van der Waals surface area contributed by atoms with Gasteiger partial charge in [0.1, 0.15) is 0 Å². The maximum atomic E-state index is 13.5. The third kappa shape index (κ3) is 5.51. The topological polar surface area (TPSA) is 36.4 Å². The second kappa shape index (κ2) is 11.0. The molecule has 2 aromatic carbocycles. The number of nitrogens with zero attached hydrogens (tertiary/aromatic N) is 3. The largest absolute Gasteiger partial charge is 0.308 e. The number of thiazole rings is 1. The summed E-state index contributed by atoms with van der Waals surface area (Å²) in [6.45, 7) is 5.64. The van der Waals surface area contributed by atoms with Crippen LogP contribution in [0.5, 0.6) is 0 Å². The molecule has 0 saturated heterocycles. The van der Waals surface area contributed by atoms with Crippen molar-refractivity contribution in [3.8, 4) is 0 Å². The number of para-hydroxylation sites is 1. The van der Waals surface area contributed by atoms with E-state index in [0.29, 0.717) is 6.54 Å². The Hall–Kier alpha value is -1.60. The number of rotatable bonds is 8. The van der Waals surface area contributed by atoms with Crippen molar-refractivity contribution < 1.29 is 4.79 Å². The third-order valence-electron chi connectivity index (χ3n) is 4.54. The lowest BCUT2D eigenvalue weighted by Gasteiger charge is -2.23. The number of likely N-dealkylation sites (N-methyl/N-ethyl adjacent to an activating group) is 1. The minimum atomic E-state index is 0. The normalized spacial score (nSPS) is 10.9. The first-order chi connectivity index (χ1) is 13.5. The lowest BCUT2D eigenvalue weighted by molar-refractivity contribution is 0.0982. The maximum absolute atomic E-state index is 13.5. The van der Waals surface area contributed by atoms with E-state index < -0.39 is 0 Å². The molecule has 3 rings (SSSR count). The molecule has 156 valence electrons. The number of aryl methyl sites for hydroxylation is 1. The third-order valence-corrected chi connectivity index (χ3v) is 6.54. The van der Waals surface area contributed by atoms with Crippen LogP contribution in [0.4, 0.5) is 5.13 Å². The number of anilines is 1. The molecule has 0 bridgehead atoms. The predicted octanol–water partition coefficient (Wildman–Crippen LogP) is 5.60. The highest BCUT2D eigenvalue weighted by Gasteiger charge is 2.23. The fourth-order valence-corrected chi connectivity index (χ4v) is 4.88. The highest BCUT2D eigenvalue weighted by Crippen LogP contribution is 2.33. The van der Waals surface area contributed by atoms with E-state index in [9.17, 15) is 4.79 Å². The van der Waals surface area contributed by atoms with Crippen molar-refractivity contribution in [2.75, 3.05) is 37.8 Å². The number of benzene rings is 2. The molecule has 1 heterocycles. The van der Waals surface area contributed by atoms with Crippen LogP contribution in [0.2, 0.25) is 0 Å². The molecule has 0 radical (unpaired) electrons. The van der Waals surface area contributed by atoms with Crippen molar-refractivity contribution in [2.24, 2.45) is 0 Å². The first-order valence-corrected chi connectivity index (χ1v) is 11.4. The molecule has 0 atom stereocenters. The van der Waals surface area contributed by atoms with Gasteiger partial charge in [-0.1, -0.05) is 49.4 Å². The summed E-state index contributed by atoms with van der Waals surface area (Å²) in [6.07, 6.45) is 0.933. The van der Waals surface area contributed by atoms with E-state index >= 15 is 0 Å². The van der Waals surface area contributed by atoms with Gasteiger partial charge in [0.05, 0.1) is 15.8 Å². The summed E-state index contributed by atoms with van der Waals surface area (Å²) in [5.41, 5.74) is 2.99. The second-order valence-electron chi connectivity index (χ2n) is 6.80. The minimum absolute atomic E-state index is 0. The average molecular weight is 450 g/mol. The van der Waals surface area contributed by atoms with E-state index in [1.54, 1.807) is 23.1 Å². The van der Waals surface area contributed by atoms with Crippen LogP contribution in [0.15, 0.2) is 47.4 Å². The Labute approximate surface area is 187 Å². The van der Waals surface area contributed by atoms with Gasteiger partial charge in [-0.15, -0.1) is 24.2 Å². The Morgan fingerprint density at radius 3 is 2.52 bits per heavy atom. The van der Waals surface area contributed by atoms with Gasteiger partial charge in [-0.25, -0.2) is 4.98 Å². The van der Waals surface area contributed by atoms with Gasteiger partial charge in [0.2, 0.25) is 0 Å². The maximum Gasteiger partial charge on any atom is 0.261 e. The van der Waals surface area contributed by atoms with Crippen molar-refractivity contribution >= 4 is 56.8 Å². The molecule has 0 unspecified atom stereocenters. The van der Waals surface area contributed by atoms with Crippen LogP contribution in [0.1, 0.15) is 29.8 Å². The first kappa shape index (κ1) is 23.7. The number of aromatic nitrogens is 1. The Balaban J connectivity index is 0.00000300. The summed E-state index contributed by atoms with van der Waals surface area (Å²) in [5, 5.41) is 0.777. The van der Waals surface area contributed by atoms with Gasteiger partial charge in [-0.3, -0.25) is 9.69 Å². The van der Waals surface area contributed by atoms with Gasteiger partial charge in [-0.2, -0.15) is 0 Å². The van der Waals surface area contributed by atoms with Crippen LogP contribution in [0.25, 0.3) is 10.2 Å². The van der Waals surface area contributed by atoms with E-state index in [-0.39, 0.29) is 18.3 Å². The molecule has 0 N–H and O–H groups in total. The van der Waals surface area contributed by atoms with Gasteiger partial charge in [0.25, 0.3) is 5.91 Å². The average Bonchev–Trinajstić information content (AvgIpc) is 3.12. The molecule has 0 fully saturated rings. The monoisotopic (exact) mass is 449 g/mol. The summed E-state index contributed by atoms with van der Waals surface area (Å²) in [4.78, 5) is 23.4. The summed E-state index contributed by atoms with van der Waals surface area (Å²) >= 11 is 3.30. The number of amides is 1. The SMILES string of the molecule is CCSc1ccccc1C(=O)N(CCN(C)C)c1nc2c(CC)cccc2s1.Cl. The van der Waals surface area contributed by atoms with Crippen molar-refractivity contribution in [1.82, 2.24) is 9.88 Å². The van der Waals surface area contributed by atoms with Gasteiger partial charge in [-0.05, 0) is 50.0 Å². The summed E-state index contributed by atoms with van der Waals surface area (Å²) in [7, 11) is 4.05. The zero-order chi connectivity index (χ0) is 20.1. The highest BCUT2D eigenvalue weighted by molar-refractivity contribution is 7.99. The summed E-state index contributed by atoms with van der Waals surface area (Å²) in [5.74, 6) is 0.957. The highest BCUT2D eigenvalue weighted by atomic mass is 35.5. The van der Waals surface area contributed by atoms with E-state index in [4.69, 9.17) is 4.98 Å². The quantitative estimate of drug-likeness (QED) is 0.419. The van der Waals surface area contributed by atoms with Crippen LogP contribution in [0, 0.1) is 0 Å². The molecule has 29 heavy (non-hydrogen) atoms. The van der Waals surface area contributed by atoms with Crippen molar-refractivity contribution in [1.29, 1.82) is 0 Å². The van der Waals surface area contributed by atoms with Crippen molar-refractivity contribution in [2.45, 2.75) is 25.2 Å². The number of hydrogen-bond acceptors (Lipinski definition) is 5. The molecule has 7 heteroatoms. The Kier molecular flexibility index (Phi) is 8.96. The molecular formula is C22H28ClN3OS2. The van der Waals surface area contributed by atoms with E-state index in [0.717, 1.165) is 44.5 Å². The molecule has 0 saturated carbocycles. The van der Waals surface area contributed by atoms with E-state index in [2.05, 4.69) is 36.9 Å². The molecule has 0 aliphatic heterocycles. The summed E-state index contributed by atoms with van der Waals surface area (Å²) in [6, 6.07) is 14.2. The first-order valence-electron chi connectivity index (χ1n) is 9.62. The molecular weight excluding hydrogens is 422 g/mol. The van der Waals surface area contributed by atoms with Crippen LogP contribution in [-0.2, 0) is 6.42 Å². The Morgan fingerprint density at radius 1 is 1.07 bits per heavy atom. The minimum Gasteiger partial charge on any atom is -0.308 e. The number of carbonyl (C=O) groups is 1. The smallest absolute Gasteiger partial charge is 0.261 e. The number of carbonyl (C=O) groups excluding carboxylic acids is 1. The Morgan fingerprint density at radius 2 is 1.83 bits per heavy atom. The number of hydrogen-bond donors (Lipinski definition) is 0. The van der Waals surface area contributed by atoms with Gasteiger partial charge < -0.3 is 4.90 Å². The number of thioether (sulfide) groups is 1.